The van der Waals surface area contributed by atoms with Gasteiger partial charge in [0.25, 0.3) is 0 Å². The number of benzene rings is 1. The lowest BCUT2D eigenvalue weighted by Crippen LogP contribution is -2.19. The van der Waals surface area contributed by atoms with Crippen LogP contribution in [0.15, 0.2) is 16.6 Å². The minimum absolute atomic E-state index is 0.0191. The summed E-state index contributed by atoms with van der Waals surface area (Å²) >= 11 is 3.54. The van der Waals surface area contributed by atoms with Crippen molar-refractivity contribution in [3.63, 3.8) is 0 Å². The molecule has 1 atom stereocenters. The quantitative estimate of drug-likeness (QED) is 0.852. The highest BCUT2D eigenvalue weighted by molar-refractivity contribution is 9.10. The minimum Gasteiger partial charge on any atom is -0.447 e. The fourth-order valence-electron chi connectivity index (χ4n) is 1.77. The summed E-state index contributed by atoms with van der Waals surface area (Å²) < 4.78 is 5.98. The zero-order chi connectivity index (χ0) is 11.0. The Morgan fingerprint density at radius 2 is 2.20 bits per heavy atom. The standard InChI is InChI=1S/C11H12BrNO2/c1-6-3-4-8(7(2)10(6)12)9-5-15-11(14)13-9/h3-4,9H,5H2,1-2H3,(H,13,14). The van der Waals surface area contributed by atoms with Crippen molar-refractivity contribution in [3.8, 4) is 0 Å². The van der Waals surface area contributed by atoms with Gasteiger partial charge in [0, 0.05) is 4.47 Å². The number of carbonyl (C=O) groups excluding carboxylic acids is 1. The molecule has 0 bridgehead atoms. The number of amides is 1. The first-order valence-corrected chi connectivity index (χ1v) is 5.58. The predicted octanol–water partition coefficient (Wildman–Crippen LogP) is 2.85. The monoisotopic (exact) mass is 269 g/mol. The van der Waals surface area contributed by atoms with Crippen LogP contribution in [0.1, 0.15) is 22.7 Å². The second-order valence-corrected chi connectivity index (χ2v) is 4.50. The molecule has 1 saturated heterocycles. The molecule has 15 heavy (non-hydrogen) atoms. The Bertz CT molecular complexity index is 417. The molecule has 0 aromatic heterocycles. The third-order valence-corrected chi connectivity index (χ3v) is 3.89. The van der Waals surface area contributed by atoms with Gasteiger partial charge in [-0.05, 0) is 30.5 Å². The summed E-state index contributed by atoms with van der Waals surface area (Å²) in [6.45, 7) is 4.50. The van der Waals surface area contributed by atoms with Crippen LogP contribution in [-0.4, -0.2) is 12.7 Å². The van der Waals surface area contributed by atoms with E-state index in [9.17, 15) is 4.79 Å². The highest BCUT2D eigenvalue weighted by Gasteiger charge is 2.25. The van der Waals surface area contributed by atoms with E-state index in [1.165, 1.54) is 5.56 Å². The fourth-order valence-corrected chi connectivity index (χ4v) is 2.13. The number of hydrogen-bond donors (Lipinski definition) is 1. The van der Waals surface area contributed by atoms with Gasteiger partial charge in [0.05, 0.1) is 6.04 Å². The van der Waals surface area contributed by atoms with Crippen LogP contribution in [0.4, 0.5) is 4.79 Å². The Labute approximate surface area is 96.9 Å². The van der Waals surface area contributed by atoms with Gasteiger partial charge >= 0.3 is 6.09 Å². The molecular formula is C11H12BrNO2. The summed E-state index contributed by atoms with van der Waals surface area (Å²) in [6.07, 6.45) is -0.337. The second-order valence-electron chi connectivity index (χ2n) is 3.71. The SMILES string of the molecule is Cc1ccc(C2COC(=O)N2)c(C)c1Br. The van der Waals surface area contributed by atoms with Gasteiger partial charge in [0.15, 0.2) is 0 Å². The Balaban J connectivity index is 2.37. The first kappa shape index (κ1) is 10.5. The van der Waals surface area contributed by atoms with E-state index in [4.69, 9.17) is 4.74 Å². The van der Waals surface area contributed by atoms with Crippen LogP contribution in [0.25, 0.3) is 0 Å². The molecule has 2 rings (SSSR count). The van der Waals surface area contributed by atoms with E-state index in [0.29, 0.717) is 6.61 Å². The summed E-state index contributed by atoms with van der Waals surface area (Å²) in [4.78, 5) is 10.9. The number of halogens is 1. The van der Waals surface area contributed by atoms with Crippen molar-refractivity contribution in [1.82, 2.24) is 5.32 Å². The molecule has 1 amide bonds. The van der Waals surface area contributed by atoms with Gasteiger partial charge in [0.2, 0.25) is 0 Å². The largest absolute Gasteiger partial charge is 0.447 e. The predicted molar refractivity (Wildman–Crippen MR) is 60.8 cm³/mol. The first-order chi connectivity index (χ1) is 7.09. The number of hydrogen-bond acceptors (Lipinski definition) is 2. The van der Waals surface area contributed by atoms with E-state index in [0.717, 1.165) is 15.6 Å². The number of nitrogens with one attached hydrogen (secondary N) is 1. The van der Waals surface area contributed by atoms with E-state index in [2.05, 4.69) is 21.2 Å². The highest BCUT2D eigenvalue weighted by Crippen LogP contribution is 2.29. The molecule has 1 aliphatic heterocycles. The summed E-state index contributed by atoms with van der Waals surface area (Å²) in [7, 11) is 0. The number of carbonyl (C=O) groups is 1. The van der Waals surface area contributed by atoms with Gasteiger partial charge in [-0.1, -0.05) is 28.1 Å². The lowest BCUT2D eigenvalue weighted by Gasteiger charge is -2.13. The molecule has 0 aliphatic carbocycles. The van der Waals surface area contributed by atoms with Crippen LogP contribution in [0.2, 0.25) is 0 Å². The second kappa shape index (κ2) is 3.85. The maximum atomic E-state index is 10.9. The van der Waals surface area contributed by atoms with Crippen molar-refractivity contribution in [1.29, 1.82) is 0 Å². The van der Waals surface area contributed by atoms with Crippen molar-refractivity contribution in [2.75, 3.05) is 6.61 Å². The van der Waals surface area contributed by atoms with Crippen LogP contribution < -0.4 is 5.32 Å². The Morgan fingerprint density at radius 3 is 2.80 bits per heavy atom. The van der Waals surface area contributed by atoms with Gasteiger partial charge in [0.1, 0.15) is 6.61 Å². The third kappa shape index (κ3) is 1.86. The van der Waals surface area contributed by atoms with Gasteiger partial charge < -0.3 is 10.1 Å². The lowest BCUT2D eigenvalue weighted by molar-refractivity contribution is 0.177. The molecule has 3 nitrogen and oxygen atoms in total. The van der Waals surface area contributed by atoms with Gasteiger partial charge in [-0.3, -0.25) is 0 Å². The van der Waals surface area contributed by atoms with Crippen molar-refractivity contribution in [2.24, 2.45) is 0 Å². The molecule has 0 saturated carbocycles. The molecule has 1 aromatic rings. The molecular weight excluding hydrogens is 258 g/mol. The summed E-state index contributed by atoms with van der Waals surface area (Å²) in [5.41, 5.74) is 3.46. The van der Waals surface area contributed by atoms with Gasteiger partial charge in [-0.25, -0.2) is 4.79 Å². The van der Waals surface area contributed by atoms with Crippen molar-refractivity contribution in [2.45, 2.75) is 19.9 Å². The lowest BCUT2D eigenvalue weighted by atomic mass is 10.00. The highest BCUT2D eigenvalue weighted by atomic mass is 79.9. The first-order valence-electron chi connectivity index (χ1n) is 4.78. The number of cyclic esters (lactones) is 1. The number of rotatable bonds is 1. The summed E-state index contributed by atoms with van der Waals surface area (Å²) in [5.74, 6) is 0. The zero-order valence-corrected chi connectivity index (χ0v) is 10.2. The number of alkyl carbamates (subject to hydrolysis) is 1. The Hall–Kier alpha value is -1.03. The van der Waals surface area contributed by atoms with E-state index in [-0.39, 0.29) is 12.1 Å². The van der Waals surface area contributed by atoms with E-state index in [1.807, 2.05) is 26.0 Å². The average Bonchev–Trinajstić information content (AvgIpc) is 2.61. The molecule has 1 fully saturated rings. The Morgan fingerprint density at radius 1 is 1.47 bits per heavy atom. The molecule has 1 N–H and O–H groups in total. The zero-order valence-electron chi connectivity index (χ0n) is 8.63. The normalized spacial score (nSPS) is 19.9. The molecule has 0 spiro atoms. The smallest absolute Gasteiger partial charge is 0.407 e. The van der Waals surface area contributed by atoms with Gasteiger partial charge in [-0.15, -0.1) is 0 Å². The maximum Gasteiger partial charge on any atom is 0.407 e. The fraction of sp³-hybridized carbons (Fsp3) is 0.364. The van der Waals surface area contributed by atoms with Crippen molar-refractivity contribution in [3.05, 3.63) is 33.3 Å². The molecule has 4 heteroatoms. The maximum absolute atomic E-state index is 10.9. The van der Waals surface area contributed by atoms with Crippen LogP contribution >= 0.6 is 15.9 Å². The van der Waals surface area contributed by atoms with Crippen LogP contribution in [0, 0.1) is 13.8 Å². The molecule has 80 valence electrons. The molecule has 0 radical (unpaired) electrons. The molecule has 1 aliphatic rings. The van der Waals surface area contributed by atoms with E-state index < -0.39 is 0 Å². The third-order valence-electron chi connectivity index (χ3n) is 2.67. The van der Waals surface area contributed by atoms with Crippen LogP contribution in [0.3, 0.4) is 0 Å². The molecule has 1 heterocycles. The summed E-state index contributed by atoms with van der Waals surface area (Å²) in [5, 5.41) is 2.78. The van der Waals surface area contributed by atoms with Gasteiger partial charge in [-0.2, -0.15) is 0 Å². The van der Waals surface area contributed by atoms with Crippen LogP contribution in [-0.2, 0) is 4.74 Å². The number of ether oxygens (including phenoxy) is 1. The topological polar surface area (TPSA) is 38.3 Å². The van der Waals surface area contributed by atoms with E-state index in [1.54, 1.807) is 0 Å². The summed E-state index contributed by atoms with van der Waals surface area (Å²) in [6, 6.07) is 4.06. The minimum atomic E-state index is -0.337. The van der Waals surface area contributed by atoms with Crippen LogP contribution in [0.5, 0.6) is 0 Å². The average molecular weight is 270 g/mol. The Kier molecular flexibility index (Phi) is 2.69. The van der Waals surface area contributed by atoms with E-state index >= 15 is 0 Å². The number of aryl methyl sites for hydroxylation is 1. The van der Waals surface area contributed by atoms with Crippen molar-refractivity contribution < 1.29 is 9.53 Å². The van der Waals surface area contributed by atoms with Crippen molar-refractivity contribution >= 4 is 22.0 Å². The molecule has 1 aromatic carbocycles. The molecule has 1 unspecified atom stereocenters.